The molecule has 0 aliphatic rings. The normalized spacial score (nSPS) is 11.4. The molecule has 20 heavy (non-hydrogen) atoms. The van der Waals surface area contributed by atoms with Crippen LogP contribution in [0.5, 0.6) is 0 Å². The summed E-state index contributed by atoms with van der Waals surface area (Å²) in [5.74, 6) is 0.438. The molecule has 0 unspecified atom stereocenters. The molecule has 0 radical (unpaired) electrons. The molecule has 104 valence electrons. The third-order valence-corrected chi connectivity index (χ3v) is 2.70. The van der Waals surface area contributed by atoms with Crippen molar-refractivity contribution in [1.82, 2.24) is 15.0 Å². The molecule has 0 atom stereocenters. The Hall–Kier alpha value is -2.70. The number of pyridine rings is 1. The van der Waals surface area contributed by atoms with Gasteiger partial charge in [-0.15, -0.1) is 0 Å². The van der Waals surface area contributed by atoms with Gasteiger partial charge in [0.1, 0.15) is 5.69 Å². The Labute approximate surface area is 116 Å². The van der Waals surface area contributed by atoms with E-state index in [1.165, 1.54) is 0 Å². The number of oxime groups is 1. The SMILES string of the molecule is Cc1cccc(CN(C)c2nccc(/C(N)=N/O)n2)n1. The van der Waals surface area contributed by atoms with Crippen LogP contribution in [0.2, 0.25) is 0 Å². The molecular formula is C13H16N6O. The third kappa shape index (κ3) is 3.19. The number of hydrogen-bond acceptors (Lipinski definition) is 6. The lowest BCUT2D eigenvalue weighted by atomic mass is 10.3. The molecule has 0 fully saturated rings. The van der Waals surface area contributed by atoms with Crippen LogP contribution in [0.15, 0.2) is 35.6 Å². The molecule has 0 saturated heterocycles. The van der Waals surface area contributed by atoms with Crippen molar-refractivity contribution in [1.29, 1.82) is 0 Å². The number of aryl methyl sites for hydroxylation is 1. The standard InChI is InChI=1S/C13H16N6O/c1-9-4-3-5-10(16-9)8-19(2)13-15-7-6-11(17-13)12(14)18-20/h3-7,20H,8H2,1-2H3,(H2,14,18). The van der Waals surface area contributed by atoms with Crippen molar-refractivity contribution in [2.75, 3.05) is 11.9 Å². The lowest BCUT2D eigenvalue weighted by Gasteiger charge is -2.17. The maximum atomic E-state index is 8.66. The summed E-state index contributed by atoms with van der Waals surface area (Å²) in [6, 6.07) is 7.42. The number of anilines is 1. The monoisotopic (exact) mass is 272 g/mol. The van der Waals surface area contributed by atoms with Crippen molar-refractivity contribution in [3.63, 3.8) is 0 Å². The van der Waals surface area contributed by atoms with Gasteiger partial charge in [-0.1, -0.05) is 11.2 Å². The van der Waals surface area contributed by atoms with Gasteiger partial charge >= 0.3 is 0 Å². The predicted molar refractivity (Wildman–Crippen MR) is 75.6 cm³/mol. The van der Waals surface area contributed by atoms with Crippen LogP contribution in [-0.2, 0) is 6.54 Å². The van der Waals surface area contributed by atoms with Crippen molar-refractivity contribution < 1.29 is 5.21 Å². The van der Waals surface area contributed by atoms with E-state index in [1.54, 1.807) is 12.3 Å². The molecule has 0 aromatic carbocycles. The van der Waals surface area contributed by atoms with E-state index < -0.39 is 0 Å². The van der Waals surface area contributed by atoms with E-state index in [4.69, 9.17) is 10.9 Å². The minimum atomic E-state index is -0.0456. The smallest absolute Gasteiger partial charge is 0.226 e. The predicted octanol–water partition coefficient (Wildman–Crippen LogP) is 0.911. The van der Waals surface area contributed by atoms with Gasteiger partial charge in [0.25, 0.3) is 0 Å². The Kier molecular flexibility index (Phi) is 4.09. The number of nitrogens with zero attached hydrogens (tertiary/aromatic N) is 5. The fourth-order valence-electron chi connectivity index (χ4n) is 1.73. The van der Waals surface area contributed by atoms with E-state index in [-0.39, 0.29) is 5.84 Å². The zero-order valence-electron chi connectivity index (χ0n) is 11.4. The molecule has 0 saturated carbocycles. The van der Waals surface area contributed by atoms with E-state index >= 15 is 0 Å². The Morgan fingerprint density at radius 2 is 2.15 bits per heavy atom. The molecule has 2 heterocycles. The van der Waals surface area contributed by atoms with Crippen molar-refractivity contribution in [2.24, 2.45) is 10.9 Å². The molecule has 2 rings (SSSR count). The summed E-state index contributed by atoms with van der Waals surface area (Å²) in [6.45, 7) is 2.51. The van der Waals surface area contributed by atoms with Crippen molar-refractivity contribution >= 4 is 11.8 Å². The summed E-state index contributed by atoms with van der Waals surface area (Å²) in [7, 11) is 1.86. The molecular weight excluding hydrogens is 256 g/mol. The largest absolute Gasteiger partial charge is 0.409 e. The van der Waals surface area contributed by atoms with E-state index in [2.05, 4.69) is 20.1 Å². The average molecular weight is 272 g/mol. The number of nitrogens with two attached hydrogens (primary N) is 1. The first-order valence-corrected chi connectivity index (χ1v) is 6.05. The Balaban J connectivity index is 2.19. The minimum Gasteiger partial charge on any atom is -0.409 e. The van der Waals surface area contributed by atoms with Gasteiger partial charge in [-0.05, 0) is 25.1 Å². The average Bonchev–Trinajstić information content (AvgIpc) is 2.46. The van der Waals surface area contributed by atoms with E-state index in [0.717, 1.165) is 11.4 Å². The van der Waals surface area contributed by atoms with Crippen LogP contribution in [0.4, 0.5) is 5.95 Å². The first-order valence-electron chi connectivity index (χ1n) is 6.05. The first kappa shape index (κ1) is 13.7. The van der Waals surface area contributed by atoms with Crippen LogP contribution >= 0.6 is 0 Å². The molecule has 2 aromatic rings. The van der Waals surface area contributed by atoms with E-state index in [9.17, 15) is 0 Å². The van der Waals surface area contributed by atoms with Gasteiger partial charge in [-0.2, -0.15) is 0 Å². The second-order valence-corrected chi connectivity index (χ2v) is 4.35. The third-order valence-electron chi connectivity index (χ3n) is 2.70. The summed E-state index contributed by atoms with van der Waals surface area (Å²) >= 11 is 0. The molecule has 7 heteroatoms. The second-order valence-electron chi connectivity index (χ2n) is 4.35. The second kappa shape index (κ2) is 5.96. The molecule has 3 N–H and O–H groups in total. The van der Waals surface area contributed by atoms with Gasteiger partial charge in [-0.25, -0.2) is 9.97 Å². The van der Waals surface area contributed by atoms with Crippen LogP contribution < -0.4 is 10.6 Å². The van der Waals surface area contributed by atoms with Crippen LogP contribution in [0.3, 0.4) is 0 Å². The summed E-state index contributed by atoms with van der Waals surface area (Å²) in [5.41, 5.74) is 7.77. The van der Waals surface area contributed by atoms with Gasteiger partial charge in [-0.3, -0.25) is 4.98 Å². The van der Waals surface area contributed by atoms with Gasteiger partial charge < -0.3 is 15.8 Å². The van der Waals surface area contributed by atoms with Crippen LogP contribution in [0.1, 0.15) is 17.1 Å². The maximum Gasteiger partial charge on any atom is 0.226 e. The van der Waals surface area contributed by atoms with Crippen molar-refractivity contribution in [3.05, 3.63) is 47.5 Å². The molecule has 0 aliphatic heterocycles. The van der Waals surface area contributed by atoms with E-state index in [0.29, 0.717) is 18.2 Å². The zero-order chi connectivity index (χ0) is 14.5. The zero-order valence-corrected chi connectivity index (χ0v) is 11.4. The van der Waals surface area contributed by atoms with E-state index in [1.807, 2.05) is 37.1 Å². The number of amidine groups is 1. The highest BCUT2D eigenvalue weighted by Gasteiger charge is 2.09. The van der Waals surface area contributed by atoms with Crippen LogP contribution in [0, 0.1) is 6.92 Å². The first-order chi connectivity index (χ1) is 9.60. The number of aromatic nitrogens is 3. The molecule has 7 nitrogen and oxygen atoms in total. The van der Waals surface area contributed by atoms with Gasteiger partial charge in [0.2, 0.25) is 5.95 Å². The Bertz CT molecular complexity index is 628. The van der Waals surface area contributed by atoms with Gasteiger partial charge in [0.15, 0.2) is 5.84 Å². The van der Waals surface area contributed by atoms with Crippen molar-refractivity contribution in [3.8, 4) is 0 Å². The topological polar surface area (TPSA) is 101 Å². The molecule has 0 aliphatic carbocycles. The van der Waals surface area contributed by atoms with Crippen LogP contribution in [0.25, 0.3) is 0 Å². The maximum absolute atomic E-state index is 8.66. The molecule has 0 amide bonds. The Morgan fingerprint density at radius 3 is 2.85 bits per heavy atom. The minimum absolute atomic E-state index is 0.0456. The highest BCUT2D eigenvalue weighted by molar-refractivity contribution is 5.95. The van der Waals surface area contributed by atoms with Crippen LogP contribution in [-0.4, -0.2) is 33.0 Å². The van der Waals surface area contributed by atoms with Crippen molar-refractivity contribution in [2.45, 2.75) is 13.5 Å². The summed E-state index contributed by atoms with van der Waals surface area (Å²) in [6.07, 6.45) is 1.57. The molecule has 0 bridgehead atoms. The number of hydrogen-bond donors (Lipinski definition) is 2. The highest BCUT2D eigenvalue weighted by atomic mass is 16.4. The van der Waals surface area contributed by atoms with Gasteiger partial charge in [0.05, 0.1) is 12.2 Å². The summed E-state index contributed by atoms with van der Waals surface area (Å²) in [4.78, 5) is 14.7. The van der Waals surface area contributed by atoms with Gasteiger partial charge in [0, 0.05) is 18.9 Å². The summed E-state index contributed by atoms with van der Waals surface area (Å²) < 4.78 is 0. The summed E-state index contributed by atoms with van der Waals surface area (Å²) in [5, 5.41) is 11.6. The fraction of sp³-hybridized carbons (Fsp3) is 0.231. The number of rotatable bonds is 4. The lowest BCUT2D eigenvalue weighted by molar-refractivity contribution is 0.318. The molecule has 2 aromatic heterocycles. The Morgan fingerprint density at radius 1 is 1.35 bits per heavy atom. The highest BCUT2D eigenvalue weighted by Crippen LogP contribution is 2.09. The lowest BCUT2D eigenvalue weighted by Crippen LogP contribution is -2.22. The fourth-order valence-corrected chi connectivity index (χ4v) is 1.73. The quantitative estimate of drug-likeness (QED) is 0.371. The molecule has 0 spiro atoms.